The van der Waals surface area contributed by atoms with Crippen molar-refractivity contribution in [3.63, 3.8) is 0 Å². The van der Waals surface area contributed by atoms with E-state index in [2.05, 4.69) is 15.6 Å². The summed E-state index contributed by atoms with van der Waals surface area (Å²) in [6.07, 6.45) is -3.13. The van der Waals surface area contributed by atoms with E-state index in [-0.39, 0.29) is 11.6 Å². The number of rotatable bonds is 5. The molecule has 0 spiro atoms. The van der Waals surface area contributed by atoms with Crippen molar-refractivity contribution >= 4 is 17.4 Å². The quantitative estimate of drug-likeness (QED) is 0.586. The number of hydrogen-bond acceptors (Lipinski definition) is 4. The van der Waals surface area contributed by atoms with Crippen molar-refractivity contribution < 1.29 is 27.4 Å². The second-order valence-corrected chi connectivity index (χ2v) is 5.82. The monoisotopic (exact) mass is 403 g/mol. The Labute approximate surface area is 164 Å². The number of urea groups is 1. The van der Waals surface area contributed by atoms with Gasteiger partial charge in [0.1, 0.15) is 11.5 Å². The molecule has 1 aromatic heterocycles. The van der Waals surface area contributed by atoms with Crippen LogP contribution in [0.3, 0.4) is 0 Å². The lowest BCUT2D eigenvalue weighted by Crippen LogP contribution is -2.19. The number of hydrogen-bond donors (Lipinski definition) is 2. The van der Waals surface area contributed by atoms with E-state index < -0.39 is 17.8 Å². The lowest BCUT2D eigenvalue weighted by atomic mass is 10.2. The average Bonchev–Trinajstić information content (AvgIpc) is 2.69. The molecular weight excluding hydrogens is 387 g/mol. The van der Waals surface area contributed by atoms with E-state index in [1.165, 1.54) is 37.6 Å². The van der Waals surface area contributed by atoms with Gasteiger partial charge in [-0.15, -0.1) is 0 Å². The zero-order valence-electron chi connectivity index (χ0n) is 15.2. The van der Waals surface area contributed by atoms with Crippen LogP contribution < -0.4 is 20.1 Å². The van der Waals surface area contributed by atoms with Gasteiger partial charge in [0.15, 0.2) is 0 Å². The van der Waals surface area contributed by atoms with E-state index in [9.17, 15) is 18.0 Å². The van der Waals surface area contributed by atoms with Crippen molar-refractivity contribution in [1.29, 1.82) is 0 Å². The standard InChI is InChI=1S/C20H16F3N3O3/c1-28-16-6-3-5-14(11-16)25-19(27)26-15-8-9-18(24-12-15)29-17-7-2-4-13(10-17)20(21,22)23/h2-12H,1H3,(H2,25,26,27). The van der Waals surface area contributed by atoms with Crippen LogP contribution in [0, 0.1) is 0 Å². The molecule has 0 atom stereocenters. The van der Waals surface area contributed by atoms with Crippen LogP contribution in [0.25, 0.3) is 0 Å². The number of aromatic nitrogens is 1. The molecule has 3 aromatic rings. The Kier molecular flexibility index (Phi) is 5.87. The molecule has 0 unspecified atom stereocenters. The SMILES string of the molecule is COc1cccc(NC(=O)Nc2ccc(Oc3cccc(C(F)(F)F)c3)nc2)c1. The molecule has 3 rings (SSSR count). The van der Waals surface area contributed by atoms with Crippen molar-refractivity contribution in [2.75, 3.05) is 17.7 Å². The van der Waals surface area contributed by atoms with Crippen molar-refractivity contribution in [3.05, 3.63) is 72.4 Å². The Morgan fingerprint density at radius 1 is 0.931 bits per heavy atom. The highest BCUT2D eigenvalue weighted by atomic mass is 19.4. The number of carbonyl (C=O) groups excluding carboxylic acids is 1. The maximum absolute atomic E-state index is 12.8. The molecule has 2 aromatic carbocycles. The third-order valence-electron chi connectivity index (χ3n) is 3.71. The van der Waals surface area contributed by atoms with Gasteiger partial charge in [-0.3, -0.25) is 0 Å². The van der Waals surface area contributed by atoms with Crippen LogP contribution in [0.2, 0.25) is 0 Å². The number of benzene rings is 2. The third kappa shape index (κ3) is 5.61. The van der Waals surface area contributed by atoms with Crippen LogP contribution in [0.1, 0.15) is 5.56 Å². The van der Waals surface area contributed by atoms with Gasteiger partial charge in [0.25, 0.3) is 0 Å². The number of methoxy groups -OCH3 is 1. The molecule has 0 aliphatic rings. The minimum absolute atomic E-state index is 0.00352. The highest BCUT2D eigenvalue weighted by molar-refractivity contribution is 5.99. The van der Waals surface area contributed by atoms with Gasteiger partial charge < -0.3 is 20.1 Å². The van der Waals surface area contributed by atoms with Gasteiger partial charge in [0, 0.05) is 17.8 Å². The largest absolute Gasteiger partial charge is 0.497 e. The van der Waals surface area contributed by atoms with Crippen molar-refractivity contribution in [2.24, 2.45) is 0 Å². The summed E-state index contributed by atoms with van der Waals surface area (Å²) in [5, 5.41) is 5.23. The number of carbonyl (C=O) groups is 1. The first-order valence-corrected chi connectivity index (χ1v) is 8.37. The fourth-order valence-electron chi connectivity index (χ4n) is 2.37. The first-order chi connectivity index (χ1) is 13.8. The zero-order valence-corrected chi connectivity index (χ0v) is 15.2. The molecule has 0 radical (unpaired) electrons. The maximum Gasteiger partial charge on any atom is 0.416 e. The molecule has 0 aliphatic heterocycles. The predicted molar refractivity (Wildman–Crippen MR) is 101 cm³/mol. The number of amides is 2. The summed E-state index contributed by atoms with van der Waals surface area (Å²) in [5.74, 6) is 0.687. The summed E-state index contributed by atoms with van der Waals surface area (Å²) >= 11 is 0. The van der Waals surface area contributed by atoms with Crippen LogP contribution in [0.4, 0.5) is 29.3 Å². The molecule has 0 bridgehead atoms. The number of nitrogens with one attached hydrogen (secondary N) is 2. The fourth-order valence-corrected chi connectivity index (χ4v) is 2.37. The Morgan fingerprint density at radius 2 is 1.66 bits per heavy atom. The van der Waals surface area contributed by atoms with E-state index in [1.54, 1.807) is 24.3 Å². The van der Waals surface area contributed by atoms with Crippen LogP contribution in [-0.4, -0.2) is 18.1 Å². The number of pyridine rings is 1. The first-order valence-electron chi connectivity index (χ1n) is 8.37. The average molecular weight is 403 g/mol. The van der Waals surface area contributed by atoms with Gasteiger partial charge in [-0.05, 0) is 36.4 Å². The summed E-state index contributed by atoms with van der Waals surface area (Å²) in [7, 11) is 1.52. The Balaban J connectivity index is 1.61. The van der Waals surface area contributed by atoms with E-state index in [0.29, 0.717) is 17.1 Å². The number of ether oxygens (including phenoxy) is 2. The summed E-state index contributed by atoms with van der Waals surface area (Å²) in [4.78, 5) is 16.0. The normalized spacial score (nSPS) is 10.9. The van der Waals surface area contributed by atoms with E-state index in [1.807, 2.05) is 0 Å². The minimum atomic E-state index is -4.46. The Hall–Kier alpha value is -3.75. The maximum atomic E-state index is 12.8. The lowest BCUT2D eigenvalue weighted by Gasteiger charge is -2.10. The molecule has 29 heavy (non-hydrogen) atoms. The molecule has 2 amide bonds. The second kappa shape index (κ2) is 8.51. The van der Waals surface area contributed by atoms with Crippen LogP contribution >= 0.6 is 0 Å². The molecule has 150 valence electrons. The smallest absolute Gasteiger partial charge is 0.416 e. The molecule has 0 fully saturated rings. The Morgan fingerprint density at radius 3 is 2.34 bits per heavy atom. The van der Waals surface area contributed by atoms with Crippen molar-refractivity contribution in [1.82, 2.24) is 4.98 Å². The van der Waals surface area contributed by atoms with Gasteiger partial charge >= 0.3 is 12.2 Å². The van der Waals surface area contributed by atoms with Gasteiger partial charge in [-0.25, -0.2) is 9.78 Å². The summed E-state index contributed by atoms with van der Waals surface area (Å²) in [6.45, 7) is 0. The molecular formula is C20H16F3N3O3. The minimum Gasteiger partial charge on any atom is -0.497 e. The lowest BCUT2D eigenvalue weighted by molar-refractivity contribution is -0.137. The summed E-state index contributed by atoms with van der Waals surface area (Å²) < 4.78 is 48.7. The van der Waals surface area contributed by atoms with Gasteiger partial charge in [0.05, 0.1) is 24.6 Å². The number of halogens is 3. The number of nitrogens with zero attached hydrogens (tertiary/aromatic N) is 1. The molecule has 2 N–H and O–H groups in total. The molecule has 0 saturated heterocycles. The van der Waals surface area contributed by atoms with Crippen molar-refractivity contribution in [2.45, 2.75) is 6.18 Å². The highest BCUT2D eigenvalue weighted by Crippen LogP contribution is 2.32. The topological polar surface area (TPSA) is 72.5 Å². The summed E-state index contributed by atoms with van der Waals surface area (Å²) in [5.41, 5.74) is 0.101. The molecule has 0 aliphatic carbocycles. The van der Waals surface area contributed by atoms with Gasteiger partial charge in [-0.1, -0.05) is 12.1 Å². The third-order valence-corrected chi connectivity index (χ3v) is 3.71. The predicted octanol–water partition coefficient (Wildman–Crippen LogP) is 5.55. The number of alkyl halides is 3. The molecule has 0 saturated carbocycles. The first kappa shape index (κ1) is 20.0. The zero-order chi connectivity index (χ0) is 20.9. The second-order valence-electron chi connectivity index (χ2n) is 5.82. The molecule has 6 nitrogen and oxygen atoms in total. The van der Waals surface area contributed by atoms with Crippen LogP contribution in [-0.2, 0) is 6.18 Å². The highest BCUT2D eigenvalue weighted by Gasteiger charge is 2.30. The Bertz CT molecular complexity index is 992. The molecule has 9 heteroatoms. The van der Waals surface area contributed by atoms with Gasteiger partial charge in [0.2, 0.25) is 5.88 Å². The van der Waals surface area contributed by atoms with E-state index in [0.717, 1.165) is 12.1 Å². The van der Waals surface area contributed by atoms with Crippen molar-refractivity contribution in [3.8, 4) is 17.4 Å². The van der Waals surface area contributed by atoms with Gasteiger partial charge in [-0.2, -0.15) is 13.2 Å². The summed E-state index contributed by atoms with van der Waals surface area (Å²) in [6, 6.07) is 13.8. The fraction of sp³-hybridized carbons (Fsp3) is 0.100. The van der Waals surface area contributed by atoms with E-state index in [4.69, 9.17) is 9.47 Å². The van der Waals surface area contributed by atoms with E-state index >= 15 is 0 Å². The van der Waals surface area contributed by atoms with Crippen LogP contribution in [0.5, 0.6) is 17.4 Å². The van der Waals surface area contributed by atoms with Crippen LogP contribution in [0.15, 0.2) is 66.9 Å². The number of anilines is 2. The molecule has 1 heterocycles.